The van der Waals surface area contributed by atoms with Gasteiger partial charge in [-0.3, -0.25) is 26.1 Å². The average Bonchev–Trinajstić information content (AvgIpc) is 3.33. The van der Waals surface area contributed by atoms with E-state index in [-0.39, 0.29) is 6.54 Å². The van der Waals surface area contributed by atoms with Crippen LogP contribution in [0, 0.1) is 17.8 Å². The number of guanidine groups is 2. The Labute approximate surface area is 427 Å². The molecule has 23 nitrogen and oxygen atoms in total. The molecule has 5 atom stereocenters. The minimum atomic E-state index is -3.10. The molecule has 0 bridgehead atoms. The smallest absolute Gasteiger partial charge is 0.414 e. The van der Waals surface area contributed by atoms with Crippen LogP contribution in [0.2, 0.25) is 18.1 Å². The van der Waals surface area contributed by atoms with Gasteiger partial charge in [0.1, 0.15) is 45.7 Å². The molecular formula is C48H88N8O15Si. The lowest BCUT2D eigenvalue weighted by Gasteiger charge is -2.44. The number of hydrogen-bond donors (Lipinski definition) is 7. The third-order valence-corrected chi connectivity index (χ3v) is 14.6. The molecule has 0 heterocycles. The molecule has 72 heavy (non-hydrogen) atoms. The highest BCUT2D eigenvalue weighted by molar-refractivity contribution is 6.74. The summed E-state index contributed by atoms with van der Waals surface area (Å²) in [6, 6.07) is 0. The van der Waals surface area contributed by atoms with E-state index in [0.717, 1.165) is 0 Å². The van der Waals surface area contributed by atoms with Crippen molar-refractivity contribution in [3.8, 4) is 0 Å². The van der Waals surface area contributed by atoms with Crippen LogP contribution in [0.3, 0.4) is 0 Å². The summed E-state index contributed by atoms with van der Waals surface area (Å²) in [5, 5.41) is 26.6. The van der Waals surface area contributed by atoms with Crippen LogP contribution < -0.4 is 31.9 Å². The summed E-state index contributed by atoms with van der Waals surface area (Å²) >= 11 is 0. The fourth-order valence-corrected chi connectivity index (χ4v) is 8.14. The lowest BCUT2D eigenvalue weighted by Crippen LogP contribution is -2.59. The molecule has 7 N–H and O–H groups in total. The van der Waals surface area contributed by atoms with Gasteiger partial charge in [0.25, 0.3) is 0 Å². The van der Waals surface area contributed by atoms with Crippen LogP contribution in [0.5, 0.6) is 0 Å². The number of hydrogen-bond acceptors (Lipinski definition) is 17. The lowest BCUT2D eigenvalue weighted by atomic mass is 9.79. The zero-order chi connectivity index (χ0) is 56.4. The summed E-state index contributed by atoms with van der Waals surface area (Å²) < 4.78 is 40.3. The minimum absolute atomic E-state index is 0.320. The predicted octanol–water partition coefficient (Wildman–Crippen LogP) is 7.40. The predicted molar refractivity (Wildman–Crippen MR) is 273 cm³/mol. The Morgan fingerprint density at radius 3 is 1.10 bits per heavy atom. The van der Waals surface area contributed by atoms with Crippen LogP contribution in [0.15, 0.2) is 9.98 Å². The summed E-state index contributed by atoms with van der Waals surface area (Å²) in [5.41, 5.74) is -8.33. The molecule has 24 heteroatoms. The largest absolute Gasteiger partial charge is 0.444 e. The Bertz CT molecular complexity index is 1930. The van der Waals surface area contributed by atoms with Crippen molar-refractivity contribution in [3.05, 3.63) is 0 Å². The number of aliphatic hydroxyl groups excluding tert-OH is 1. The second-order valence-electron chi connectivity index (χ2n) is 25.1. The normalized spacial score (nSPS) is 19.8. The van der Waals surface area contributed by atoms with E-state index in [1.165, 1.54) is 0 Å². The van der Waals surface area contributed by atoms with Gasteiger partial charge >= 0.3 is 36.6 Å². The molecule has 6 amide bonds. The van der Waals surface area contributed by atoms with Gasteiger partial charge in [0.05, 0.1) is 18.6 Å². The van der Waals surface area contributed by atoms with Crippen molar-refractivity contribution in [1.29, 1.82) is 0 Å². The molecule has 0 spiro atoms. The summed E-state index contributed by atoms with van der Waals surface area (Å²) in [4.78, 5) is 105. The highest BCUT2D eigenvalue weighted by Crippen LogP contribution is 2.52. The molecular weight excluding hydrogens is 957 g/mol. The van der Waals surface area contributed by atoms with E-state index in [1.807, 2.05) is 33.9 Å². The fourth-order valence-electron chi connectivity index (χ4n) is 6.77. The molecule has 1 aliphatic carbocycles. The number of carbonyl (C=O) groups excluding carboxylic acids is 7. The van der Waals surface area contributed by atoms with E-state index in [4.69, 9.17) is 37.8 Å². The number of aliphatic imine (C=N–C) groups is 2. The molecule has 0 aromatic heterocycles. The number of alkyl carbamates (subject to hydrolysis) is 6. The summed E-state index contributed by atoms with van der Waals surface area (Å²) in [7, 11) is -3.10. The maximum Gasteiger partial charge on any atom is 0.414 e. The number of ketones is 1. The monoisotopic (exact) mass is 1040 g/mol. The highest BCUT2D eigenvalue weighted by Gasteiger charge is 2.65. The first kappa shape index (κ1) is 64.8. The second-order valence-corrected chi connectivity index (χ2v) is 29.9. The highest BCUT2D eigenvalue weighted by atomic mass is 28.4. The lowest BCUT2D eigenvalue weighted by molar-refractivity contribution is -0.125. The van der Waals surface area contributed by atoms with Gasteiger partial charge in [-0.2, -0.15) is 0 Å². The van der Waals surface area contributed by atoms with Gasteiger partial charge in [-0.1, -0.05) is 20.8 Å². The van der Waals surface area contributed by atoms with Crippen molar-refractivity contribution in [1.82, 2.24) is 31.9 Å². The Morgan fingerprint density at radius 1 is 0.486 bits per heavy atom. The van der Waals surface area contributed by atoms with Gasteiger partial charge in [-0.25, -0.2) is 38.8 Å². The summed E-state index contributed by atoms with van der Waals surface area (Å²) in [6.07, 6.45) is -7.46. The van der Waals surface area contributed by atoms with E-state index in [1.54, 1.807) is 125 Å². The van der Waals surface area contributed by atoms with E-state index in [2.05, 4.69) is 36.9 Å². The molecule has 1 aliphatic rings. The molecule has 0 aromatic rings. The first-order valence-electron chi connectivity index (χ1n) is 24.0. The fraction of sp³-hybridized carbons (Fsp3) is 0.812. The molecule has 1 saturated carbocycles. The van der Waals surface area contributed by atoms with Gasteiger partial charge in [0, 0.05) is 19.0 Å². The number of nitrogens with zero attached hydrogens (tertiary/aromatic N) is 2. The van der Waals surface area contributed by atoms with Crippen LogP contribution >= 0.6 is 0 Å². The number of carbonyl (C=O) groups is 7. The van der Waals surface area contributed by atoms with Crippen LogP contribution in [-0.2, 0) is 37.6 Å². The van der Waals surface area contributed by atoms with Crippen LogP contribution in [0.4, 0.5) is 28.8 Å². The van der Waals surface area contributed by atoms with Gasteiger partial charge in [0.15, 0.2) is 14.1 Å². The summed E-state index contributed by atoms with van der Waals surface area (Å²) in [6.45, 7) is 36.2. The van der Waals surface area contributed by atoms with E-state index >= 15 is 4.79 Å². The number of Topliss-reactive ketones (excluding diaryl/α,β-unsaturated/α-hetero) is 1. The Kier molecular flexibility index (Phi) is 21.8. The zero-order valence-electron chi connectivity index (χ0n) is 47.2. The SMILES string of the molecule is CC(C)(C)OC(=O)NC[C@@H]1[C@@H](CNC(=O)OC(C)(C)C)[C@H](C(=O)CN=C(NC(=O)OC(C)(C)C)NC(=O)OC(C)(C)C)[C@@](CO)(N=C(NC(=O)OC(C)(C)C)NC(=O)OC(C)(C)C)[C@H]1O[Si](C)(C)C(C)(C)C. The first-order valence-corrected chi connectivity index (χ1v) is 26.9. The average molecular weight is 1050 g/mol. The molecule has 0 aromatic carbocycles. The number of ether oxygens (including phenoxy) is 6. The molecule has 1 fully saturated rings. The Hall–Kier alpha value is -5.23. The molecule has 0 radical (unpaired) electrons. The number of rotatable bonds is 11. The maximum absolute atomic E-state index is 15.5. The van der Waals surface area contributed by atoms with Crippen LogP contribution in [0.25, 0.3) is 0 Å². The van der Waals surface area contributed by atoms with E-state index in [0.29, 0.717) is 0 Å². The third kappa shape index (κ3) is 23.5. The standard InChI is InChI=1S/C48H88N8O15Si/c1-41(2,3)65-35(59)50-24-28-29(25-51-36(60)66-42(4,5)6)32(71-72(22,23)47(19,20)21)48(27-57,56-34(54-39(63)69-45(13,14)15)55-40(64)70-46(16,17)18)31(28)30(58)26-49-33(52-37(61)67-43(7,8)9)53-38(62)68-44(10,11)12/h28-29,31-32,57H,24-27H2,1-23H3,(H,50,59)(H,51,60)(H2,49,52,53,61,62)(H2,54,55,56,63,64)/t28-,29-,31-,32+,48-/m1/s1. The van der Waals surface area contributed by atoms with Crippen molar-refractivity contribution in [2.45, 2.75) is 209 Å². The van der Waals surface area contributed by atoms with Crippen molar-refractivity contribution in [2.24, 2.45) is 27.7 Å². The molecule has 0 aliphatic heterocycles. The van der Waals surface area contributed by atoms with E-state index in [9.17, 15) is 33.9 Å². The Balaban J connectivity index is 4.70. The minimum Gasteiger partial charge on any atom is -0.444 e. The van der Waals surface area contributed by atoms with Gasteiger partial charge < -0.3 is 48.6 Å². The molecule has 0 unspecified atom stereocenters. The van der Waals surface area contributed by atoms with E-state index < -0.39 is 150 Å². The molecule has 1 rings (SSSR count). The second kappa shape index (κ2) is 24.2. The topological polar surface area (TPSA) is 301 Å². The number of amides is 6. The van der Waals surface area contributed by atoms with Crippen LogP contribution in [0.1, 0.15) is 145 Å². The quantitative estimate of drug-likeness (QED) is 0.0459. The van der Waals surface area contributed by atoms with Crippen molar-refractivity contribution < 1.29 is 71.5 Å². The first-order chi connectivity index (χ1) is 32.1. The van der Waals surface area contributed by atoms with Crippen molar-refractivity contribution >= 4 is 62.6 Å². The number of nitrogens with one attached hydrogen (secondary N) is 6. The number of aliphatic hydroxyl groups is 1. The van der Waals surface area contributed by atoms with Crippen LogP contribution in [-0.4, -0.2) is 139 Å². The van der Waals surface area contributed by atoms with Gasteiger partial charge in [-0.15, -0.1) is 0 Å². The van der Waals surface area contributed by atoms with Crippen molar-refractivity contribution in [3.63, 3.8) is 0 Å². The molecule has 0 saturated heterocycles. The maximum atomic E-state index is 15.5. The van der Waals surface area contributed by atoms with Gasteiger partial charge in [-0.05, 0) is 149 Å². The van der Waals surface area contributed by atoms with Crippen molar-refractivity contribution in [2.75, 3.05) is 26.2 Å². The Morgan fingerprint density at radius 2 is 0.792 bits per heavy atom. The molecule has 414 valence electrons. The summed E-state index contributed by atoms with van der Waals surface area (Å²) in [5.74, 6) is -5.93. The van der Waals surface area contributed by atoms with Gasteiger partial charge in [0.2, 0.25) is 11.9 Å². The third-order valence-electron chi connectivity index (χ3n) is 10.2. The zero-order valence-corrected chi connectivity index (χ0v) is 48.2.